The fourth-order valence-corrected chi connectivity index (χ4v) is 1.57. The molecule has 1 rings (SSSR count). The number of carbonyl (C=O) groups excluding carboxylic acids is 1. The molecule has 0 unspecified atom stereocenters. The van der Waals surface area contributed by atoms with Gasteiger partial charge in [0.2, 0.25) is 5.91 Å². The van der Waals surface area contributed by atoms with Crippen molar-refractivity contribution in [1.82, 2.24) is 5.32 Å². The summed E-state index contributed by atoms with van der Waals surface area (Å²) in [7, 11) is 2.89. The maximum absolute atomic E-state index is 14.1. The second-order valence-corrected chi connectivity index (χ2v) is 3.74. The van der Waals surface area contributed by atoms with E-state index in [4.69, 9.17) is 15.9 Å². The average molecular weight is 265 g/mol. The quantitative estimate of drug-likeness (QED) is 0.793. The van der Waals surface area contributed by atoms with E-state index in [0.717, 1.165) is 0 Å². The largest absolute Gasteiger partial charge is 0.490 e. The van der Waals surface area contributed by atoms with Gasteiger partial charge in [0.05, 0.1) is 7.11 Å². The zero-order valence-electron chi connectivity index (χ0n) is 11.0. The van der Waals surface area contributed by atoms with Crippen LogP contribution in [0.5, 0.6) is 11.5 Å². The lowest BCUT2D eigenvalue weighted by molar-refractivity contribution is -0.120. The molecule has 1 amide bonds. The normalized spacial score (nSPS) is 9.58. The summed E-state index contributed by atoms with van der Waals surface area (Å²) in [6, 6.07) is 3.14. The van der Waals surface area contributed by atoms with Crippen molar-refractivity contribution in [2.24, 2.45) is 0 Å². The van der Waals surface area contributed by atoms with E-state index in [1.165, 1.54) is 14.2 Å². The van der Waals surface area contributed by atoms with Crippen LogP contribution in [0.2, 0.25) is 0 Å². The maximum Gasteiger partial charge on any atom is 0.220 e. The Kier molecular flexibility index (Phi) is 5.68. The number of hydrogen-bond donors (Lipinski definition) is 1. The van der Waals surface area contributed by atoms with Crippen molar-refractivity contribution in [2.45, 2.75) is 12.8 Å². The van der Waals surface area contributed by atoms with E-state index in [2.05, 4.69) is 11.2 Å². The molecule has 0 bridgehead atoms. The number of aryl methyl sites for hydroxylation is 1. The first-order chi connectivity index (χ1) is 9.13. The Hall–Kier alpha value is -2.22. The summed E-state index contributed by atoms with van der Waals surface area (Å²) in [5, 5.41) is 2.48. The lowest BCUT2D eigenvalue weighted by atomic mass is 10.1. The second-order valence-electron chi connectivity index (χ2n) is 3.74. The van der Waals surface area contributed by atoms with E-state index in [9.17, 15) is 9.18 Å². The highest BCUT2D eigenvalue weighted by Gasteiger charge is 2.15. The van der Waals surface area contributed by atoms with Gasteiger partial charge in [-0.15, -0.1) is 6.42 Å². The van der Waals surface area contributed by atoms with Crippen LogP contribution in [-0.2, 0) is 11.2 Å². The lowest BCUT2D eigenvalue weighted by Crippen LogP contribution is -2.18. The molecule has 0 aliphatic rings. The lowest BCUT2D eigenvalue weighted by Gasteiger charge is -2.12. The minimum Gasteiger partial charge on any atom is -0.490 e. The number of terminal acetylenes is 1. The average Bonchev–Trinajstić information content (AvgIpc) is 2.43. The number of methoxy groups -OCH3 is 1. The second kappa shape index (κ2) is 7.27. The molecule has 1 aromatic carbocycles. The van der Waals surface area contributed by atoms with Gasteiger partial charge in [-0.2, -0.15) is 0 Å². The molecule has 0 spiro atoms. The highest BCUT2D eigenvalue weighted by Crippen LogP contribution is 2.32. The van der Waals surface area contributed by atoms with Gasteiger partial charge in [0, 0.05) is 13.5 Å². The van der Waals surface area contributed by atoms with Crippen LogP contribution in [0.3, 0.4) is 0 Å². The molecule has 0 fully saturated rings. The van der Waals surface area contributed by atoms with Gasteiger partial charge in [0.25, 0.3) is 0 Å². The number of benzene rings is 1. The number of rotatable bonds is 6. The van der Waals surface area contributed by atoms with Gasteiger partial charge in [-0.3, -0.25) is 4.79 Å². The fraction of sp³-hybridized carbons (Fsp3) is 0.357. The molecule has 0 aromatic heterocycles. The first kappa shape index (κ1) is 14.8. The summed E-state index contributed by atoms with van der Waals surface area (Å²) < 4.78 is 24.3. The van der Waals surface area contributed by atoms with E-state index in [1.54, 1.807) is 12.1 Å². The number of halogens is 1. The van der Waals surface area contributed by atoms with Crippen LogP contribution in [0.1, 0.15) is 12.0 Å². The van der Waals surface area contributed by atoms with Gasteiger partial charge in [-0.25, -0.2) is 4.39 Å². The number of hydrogen-bond acceptors (Lipinski definition) is 3. The summed E-state index contributed by atoms with van der Waals surface area (Å²) in [5.41, 5.74) is 0.397. The van der Waals surface area contributed by atoms with Gasteiger partial charge in [0.1, 0.15) is 6.61 Å². The van der Waals surface area contributed by atoms with Gasteiger partial charge in [-0.05, 0) is 18.1 Å². The minimum absolute atomic E-state index is 0.00431. The molecule has 0 radical (unpaired) electrons. The Morgan fingerprint density at radius 3 is 2.84 bits per heavy atom. The number of carbonyl (C=O) groups is 1. The molecule has 1 N–H and O–H groups in total. The molecular formula is C14H16FNO3. The molecule has 19 heavy (non-hydrogen) atoms. The van der Waals surface area contributed by atoms with Crippen LogP contribution in [0.25, 0.3) is 0 Å². The van der Waals surface area contributed by atoms with E-state index < -0.39 is 5.82 Å². The molecule has 0 aliphatic carbocycles. The molecule has 0 atom stereocenters. The predicted molar refractivity (Wildman–Crippen MR) is 69.7 cm³/mol. The van der Waals surface area contributed by atoms with Crippen LogP contribution >= 0.6 is 0 Å². The van der Waals surface area contributed by atoms with Crippen LogP contribution in [0.15, 0.2) is 12.1 Å². The number of nitrogens with one attached hydrogen (secondary N) is 1. The third-order valence-electron chi connectivity index (χ3n) is 2.56. The zero-order chi connectivity index (χ0) is 14.3. The van der Waals surface area contributed by atoms with Gasteiger partial charge in [0.15, 0.2) is 17.3 Å². The summed E-state index contributed by atoms with van der Waals surface area (Å²) >= 11 is 0. The molecule has 4 nitrogen and oxygen atoms in total. The summed E-state index contributed by atoms with van der Waals surface area (Å²) in [6.07, 6.45) is 5.58. The standard InChI is InChI=1S/C14H16FNO3/c1-4-9-19-11-7-5-10(6-8-12(17)16-2)13(15)14(11)18-3/h1,5,7H,6,8-9H2,2-3H3,(H,16,17). The molecule has 5 heteroatoms. The third-order valence-corrected chi connectivity index (χ3v) is 2.56. The fourth-order valence-electron chi connectivity index (χ4n) is 1.57. The Morgan fingerprint density at radius 2 is 2.26 bits per heavy atom. The first-order valence-corrected chi connectivity index (χ1v) is 5.76. The van der Waals surface area contributed by atoms with E-state index >= 15 is 0 Å². The molecular weight excluding hydrogens is 249 g/mol. The van der Waals surface area contributed by atoms with Crippen molar-refractivity contribution >= 4 is 5.91 Å². The van der Waals surface area contributed by atoms with Crippen LogP contribution in [0, 0.1) is 18.2 Å². The maximum atomic E-state index is 14.1. The van der Waals surface area contributed by atoms with E-state index in [1.807, 2.05) is 0 Å². The van der Waals surface area contributed by atoms with Crippen molar-refractivity contribution in [1.29, 1.82) is 0 Å². The Morgan fingerprint density at radius 1 is 1.53 bits per heavy atom. The monoisotopic (exact) mass is 265 g/mol. The zero-order valence-corrected chi connectivity index (χ0v) is 11.0. The van der Waals surface area contributed by atoms with E-state index in [0.29, 0.717) is 5.56 Å². The summed E-state index contributed by atoms with van der Waals surface area (Å²) in [4.78, 5) is 11.1. The molecule has 102 valence electrons. The highest BCUT2D eigenvalue weighted by molar-refractivity contribution is 5.75. The van der Waals surface area contributed by atoms with Crippen molar-refractivity contribution in [3.8, 4) is 23.8 Å². The minimum atomic E-state index is -0.527. The number of ether oxygens (including phenoxy) is 2. The van der Waals surface area contributed by atoms with Gasteiger partial charge in [-0.1, -0.05) is 12.0 Å². The van der Waals surface area contributed by atoms with Gasteiger partial charge < -0.3 is 14.8 Å². The first-order valence-electron chi connectivity index (χ1n) is 5.76. The summed E-state index contributed by atoms with van der Waals surface area (Å²) in [6.45, 7) is 0.0351. The van der Waals surface area contributed by atoms with Crippen molar-refractivity contribution < 1.29 is 18.7 Å². The molecule has 0 saturated carbocycles. The molecule has 0 saturated heterocycles. The number of amides is 1. The highest BCUT2D eigenvalue weighted by atomic mass is 19.1. The smallest absolute Gasteiger partial charge is 0.220 e. The van der Waals surface area contributed by atoms with Crippen LogP contribution in [0.4, 0.5) is 4.39 Å². The third kappa shape index (κ3) is 3.88. The Balaban J connectivity index is 2.91. The van der Waals surface area contributed by atoms with Gasteiger partial charge >= 0.3 is 0 Å². The predicted octanol–water partition coefficient (Wildman–Crippen LogP) is 1.52. The SMILES string of the molecule is C#CCOc1ccc(CCC(=O)NC)c(F)c1OC. The van der Waals surface area contributed by atoms with Crippen molar-refractivity contribution in [3.05, 3.63) is 23.5 Å². The summed E-state index contributed by atoms with van der Waals surface area (Å²) in [5.74, 6) is 1.88. The van der Waals surface area contributed by atoms with Crippen LogP contribution < -0.4 is 14.8 Å². The Labute approximate surface area is 111 Å². The molecule has 0 heterocycles. The van der Waals surface area contributed by atoms with E-state index in [-0.39, 0.29) is 36.9 Å². The van der Waals surface area contributed by atoms with Crippen molar-refractivity contribution in [2.75, 3.05) is 20.8 Å². The topological polar surface area (TPSA) is 47.6 Å². The molecule has 1 aromatic rings. The Bertz CT molecular complexity index is 494. The van der Waals surface area contributed by atoms with Crippen molar-refractivity contribution in [3.63, 3.8) is 0 Å². The molecule has 0 aliphatic heterocycles. The van der Waals surface area contributed by atoms with Crippen LogP contribution in [-0.4, -0.2) is 26.7 Å².